The summed E-state index contributed by atoms with van der Waals surface area (Å²) < 4.78 is 1.79. The van der Waals surface area contributed by atoms with Gasteiger partial charge in [0.2, 0.25) is 5.91 Å². The van der Waals surface area contributed by atoms with Gasteiger partial charge >= 0.3 is 0 Å². The van der Waals surface area contributed by atoms with Gasteiger partial charge in [-0.25, -0.2) is 0 Å². The molecule has 0 saturated carbocycles. The van der Waals surface area contributed by atoms with Crippen molar-refractivity contribution >= 4 is 28.8 Å². The third-order valence-corrected chi connectivity index (χ3v) is 6.29. The smallest absolute Gasteiger partial charge is 0.264 e. The lowest BCUT2D eigenvalue weighted by Crippen LogP contribution is -2.57. The number of amides is 2. The Bertz CT molecular complexity index is 795. The Labute approximate surface area is 163 Å². The summed E-state index contributed by atoms with van der Waals surface area (Å²) in [6.45, 7) is 3.63. The number of rotatable bonds is 3. The van der Waals surface area contributed by atoms with E-state index in [9.17, 15) is 9.59 Å². The minimum atomic E-state index is -0.321. The Kier molecular flexibility index (Phi) is 5.15. The number of aryl methyl sites for hydroxylation is 1. The van der Waals surface area contributed by atoms with Crippen molar-refractivity contribution in [2.45, 2.75) is 25.3 Å². The molecule has 144 valence electrons. The van der Waals surface area contributed by atoms with E-state index in [2.05, 4.69) is 10.00 Å². The molecule has 0 N–H and O–H groups in total. The van der Waals surface area contributed by atoms with Crippen LogP contribution < -0.4 is 4.90 Å². The van der Waals surface area contributed by atoms with Gasteiger partial charge in [-0.05, 0) is 30.7 Å². The summed E-state index contributed by atoms with van der Waals surface area (Å²) >= 11 is 1.44. The van der Waals surface area contributed by atoms with Gasteiger partial charge in [0.05, 0.1) is 16.8 Å². The van der Waals surface area contributed by atoms with Crippen molar-refractivity contribution in [3.63, 3.8) is 0 Å². The number of thiophene rings is 1. The Balaban J connectivity index is 1.41. The van der Waals surface area contributed by atoms with Crippen molar-refractivity contribution in [1.82, 2.24) is 19.6 Å². The van der Waals surface area contributed by atoms with Gasteiger partial charge in [-0.15, -0.1) is 11.3 Å². The second-order valence-electron chi connectivity index (χ2n) is 7.17. The van der Waals surface area contributed by atoms with Crippen molar-refractivity contribution in [2.75, 3.05) is 37.6 Å². The first-order valence-corrected chi connectivity index (χ1v) is 10.4. The molecule has 0 aliphatic carbocycles. The molecule has 2 fully saturated rings. The monoisotopic (exact) mass is 387 g/mol. The molecule has 4 rings (SSSR count). The van der Waals surface area contributed by atoms with E-state index in [1.807, 2.05) is 41.9 Å². The number of aromatic nitrogens is 2. The first kappa shape index (κ1) is 18.0. The molecule has 0 aromatic carbocycles. The summed E-state index contributed by atoms with van der Waals surface area (Å²) in [6.07, 6.45) is 6.59. The molecule has 2 aromatic rings. The maximum Gasteiger partial charge on any atom is 0.264 e. The predicted octanol–water partition coefficient (Wildman–Crippen LogP) is 1.83. The first-order valence-electron chi connectivity index (χ1n) is 9.50. The fourth-order valence-corrected chi connectivity index (χ4v) is 4.62. The summed E-state index contributed by atoms with van der Waals surface area (Å²) in [5, 5.41) is 6.13. The second-order valence-corrected chi connectivity index (χ2v) is 8.12. The quantitative estimate of drug-likeness (QED) is 0.806. The fraction of sp³-hybridized carbons (Fsp3) is 0.526. The molecule has 0 radical (unpaired) electrons. The highest BCUT2D eigenvalue weighted by Crippen LogP contribution is 2.24. The number of likely N-dealkylation sites (tertiary alicyclic amines) is 1. The molecule has 7 nitrogen and oxygen atoms in total. The van der Waals surface area contributed by atoms with Crippen LogP contribution in [-0.4, -0.2) is 70.2 Å². The predicted molar refractivity (Wildman–Crippen MR) is 105 cm³/mol. The van der Waals surface area contributed by atoms with Gasteiger partial charge in [0.1, 0.15) is 6.04 Å². The molecule has 8 heteroatoms. The van der Waals surface area contributed by atoms with Crippen LogP contribution >= 0.6 is 11.3 Å². The van der Waals surface area contributed by atoms with Gasteiger partial charge in [-0.3, -0.25) is 14.3 Å². The maximum absolute atomic E-state index is 13.2. The van der Waals surface area contributed by atoms with E-state index in [1.54, 1.807) is 9.58 Å². The third kappa shape index (κ3) is 3.71. The Morgan fingerprint density at radius 3 is 2.63 bits per heavy atom. The first-order chi connectivity index (χ1) is 13.1. The molecule has 2 saturated heterocycles. The lowest BCUT2D eigenvalue weighted by molar-refractivity contribution is -0.137. The van der Waals surface area contributed by atoms with E-state index >= 15 is 0 Å². The second kappa shape index (κ2) is 7.72. The average Bonchev–Trinajstić information content (AvgIpc) is 3.39. The van der Waals surface area contributed by atoms with Crippen molar-refractivity contribution in [2.24, 2.45) is 7.05 Å². The van der Waals surface area contributed by atoms with Crippen LogP contribution in [0.5, 0.6) is 0 Å². The van der Waals surface area contributed by atoms with Crippen LogP contribution in [0.1, 0.15) is 28.9 Å². The Morgan fingerprint density at radius 2 is 1.96 bits per heavy atom. The zero-order valence-corrected chi connectivity index (χ0v) is 16.4. The molecule has 27 heavy (non-hydrogen) atoms. The summed E-state index contributed by atoms with van der Waals surface area (Å²) in [4.78, 5) is 32.7. The van der Waals surface area contributed by atoms with Crippen molar-refractivity contribution < 1.29 is 9.59 Å². The molecule has 1 unspecified atom stereocenters. The van der Waals surface area contributed by atoms with E-state index in [1.165, 1.54) is 11.3 Å². The lowest BCUT2D eigenvalue weighted by atomic mass is 10.00. The summed E-state index contributed by atoms with van der Waals surface area (Å²) in [7, 11) is 1.91. The number of nitrogens with zero attached hydrogens (tertiary/aromatic N) is 5. The SMILES string of the molecule is Cn1cc(N2CCN(C(=O)C3CCCCN3C(=O)c3cccs3)CC2)cn1. The van der Waals surface area contributed by atoms with Crippen LogP contribution in [0.2, 0.25) is 0 Å². The third-order valence-electron chi connectivity index (χ3n) is 5.43. The molecular formula is C19H25N5O2S. The summed E-state index contributed by atoms with van der Waals surface area (Å²) in [5.41, 5.74) is 1.09. The number of piperazine rings is 1. The van der Waals surface area contributed by atoms with Crippen LogP contribution in [-0.2, 0) is 11.8 Å². The largest absolute Gasteiger partial charge is 0.365 e. The molecule has 2 amide bonds. The molecule has 2 aromatic heterocycles. The van der Waals surface area contributed by atoms with Gasteiger partial charge in [-0.1, -0.05) is 6.07 Å². The van der Waals surface area contributed by atoms with Crippen LogP contribution in [0.4, 0.5) is 5.69 Å². The van der Waals surface area contributed by atoms with Crippen LogP contribution in [0.25, 0.3) is 0 Å². The number of piperidine rings is 1. The molecule has 0 spiro atoms. The molecule has 1 atom stereocenters. The van der Waals surface area contributed by atoms with Crippen LogP contribution in [0.3, 0.4) is 0 Å². The van der Waals surface area contributed by atoms with Gasteiger partial charge in [0, 0.05) is 46.0 Å². The Hall–Kier alpha value is -2.35. The zero-order chi connectivity index (χ0) is 18.8. The number of carbonyl (C=O) groups is 2. The Morgan fingerprint density at radius 1 is 1.15 bits per heavy atom. The average molecular weight is 388 g/mol. The number of anilines is 1. The van der Waals surface area contributed by atoms with Gasteiger partial charge in [0.15, 0.2) is 0 Å². The standard InChI is InChI=1S/C19H25N5O2S/c1-21-14-15(13-20-21)22-8-10-23(11-9-22)18(25)16-5-2-3-7-24(16)19(26)17-6-4-12-27-17/h4,6,12-14,16H,2-3,5,7-11H2,1H3. The van der Waals surface area contributed by atoms with Crippen molar-refractivity contribution in [3.8, 4) is 0 Å². The lowest BCUT2D eigenvalue weighted by Gasteiger charge is -2.41. The number of hydrogen-bond acceptors (Lipinski definition) is 5. The number of carbonyl (C=O) groups excluding carboxylic acids is 2. The molecule has 4 heterocycles. The highest BCUT2D eigenvalue weighted by molar-refractivity contribution is 7.12. The van der Waals surface area contributed by atoms with E-state index in [-0.39, 0.29) is 17.9 Å². The minimum absolute atomic E-state index is 0.00274. The van der Waals surface area contributed by atoms with E-state index < -0.39 is 0 Å². The minimum Gasteiger partial charge on any atom is -0.365 e. The molecular weight excluding hydrogens is 362 g/mol. The van der Waals surface area contributed by atoms with Gasteiger partial charge in [0.25, 0.3) is 5.91 Å². The van der Waals surface area contributed by atoms with E-state index in [0.29, 0.717) is 19.6 Å². The van der Waals surface area contributed by atoms with Gasteiger partial charge < -0.3 is 14.7 Å². The van der Waals surface area contributed by atoms with Crippen LogP contribution in [0.15, 0.2) is 29.9 Å². The van der Waals surface area contributed by atoms with Gasteiger partial charge in [-0.2, -0.15) is 5.10 Å². The molecule has 0 bridgehead atoms. The molecule has 2 aliphatic rings. The zero-order valence-electron chi connectivity index (χ0n) is 15.6. The van der Waals surface area contributed by atoms with Crippen molar-refractivity contribution in [1.29, 1.82) is 0 Å². The molecule has 2 aliphatic heterocycles. The van der Waals surface area contributed by atoms with E-state index in [4.69, 9.17) is 0 Å². The maximum atomic E-state index is 13.2. The topological polar surface area (TPSA) is 61.7 Å². The van der Waals surface area contributed by atoms with Crippen LogP contribution in [0, 0.1) is 0 Å². The van der Waals surface area contributed by atoms with E-state index in [0.717, 1.165) is 42.9 Å². The van der Waals surface area contributed by atoms with Crippen molar-refractivity contribution in [3.05, 3.63) is 34.8 Å². The summed E-state index contributed by atoms with van der Waals surface area (Å²) in [6, 6.07) is 3.41. The fourth-order valence-electron chi connectivity index (χ4n) is 3.94. The highest BCUT2D eigenvalue weighted by atomic mass is 32.1. The number of hydrogen-bond donors (Lipinski definition) is 0. The normalized spacial score (nSPS) is 20.8. The highest BCUT2D eigenvalue weighted by Gasteiger charge is 2.36. The summed E-state index contributed by atoms with van der Waals surface area (Å²) in [5.74, 6) is 0.0995.